The number of carbonyl (C=O) groups is 3. The topological polar surface area (TPSA) is 111 Å². The molecule has 4 aliphatic carbocycles. The van der Waals surface area contributed by atoms with Gasteiger partial charge in [-0.1, -0.05) is 0 Å². The molecule has 0 amide bonds. The first-order valence-electron chi connectivity index (χ1n) is 7.69. The van der Waals surface area contributed by atoms with E-state index in [1.54, 1.807) is 0 Å². The summed E-state index contributed by atoms with van der Waals surface area (Å²) in [6.07, 6.45) is 3.09. The summed E-state index contributed by atoms with van der Waals surface area (Å²) in [5.74, 6) is -2.73. The summed E-state index contributed by atoms with van der Waals surface area (Å²) < 4.78 is 39.4. The Kier molecular flexibility index (Phi) is 5.02. The van der Waals surface area contributed by atoms with Crippen molar-refractivity contribution in [2.45, 2.75) is 43.0 Å². The minimum absolute atomic E-state index is 0.119. The van der Waals surface area contributed by atoms with Crippen molar-refractivity contribution >= 4 is 29.8 Å². The Labute approximate surface area is 145 Å². The molecule has 0 aliphatic heterocycles. The summed E-state index contributed by atoms with van der Waals surface area (Å²) in [5.41, 5.74) is -0.773. The number of hydrogen-bond acceptors (Lipinski definition) is 9. The van der Waals surface area contributed by atoms with Crippen LogP contribution in [0.15, 0.2) is 0 Å². The van der Waals surface area contributed by atoms with Crippen LogP contribution < -0.4 is 5.26 Å². The van der Waals surface area contributed by atoms with Gasteiger partial charge in [0.2, 0.25) is 0 Å². The Hall–Kier alpha value is -1.30. The molecule has 0 aromatic heterocycles. The molecule has 0 aromatic rings. The molecule has 4 bridgehead atoms. The molecular formula is C14H15F2O8S-. The number of alkyl halides is 2. The molecule has 8 nitrogen and oxygen atoms in total. The highest BCUT2D eigenvalue weighted by atomic mass is 32.2. The second kappa shape index (κ2) is 6.78. The second-order valence-corrected chi connectivity index (χ2v) is 7.53. The van der Waals surface area contributed by atoms with Gasteiger partial charge in [0, 0.05) is 11.8 Å². The first kappa shape index (κ1) is 18.5. The van der Waals surface area contributed by atoms with Crippen molar-refractivity contribution < 1.29 is 47.3 Å². The lowest BCUT2D eigenvalue weighted by Crippen LogP contribution is -2.57. The van der Waals surface area contributed by atoms with Crippen LogP contribution in [0.5, 0.6) is 0 Å². The van der Waals surface area contributed by atoms with Gasteiger partial charge in [0.1, 0.15) is 23.4 Å². The summed E-state index contributed by atoms with van der Waals surface area (Å²) in [7, 11) is 0. The van der Waals surface area contributed by atoms with Crippen LogP contribution in [0.2, 0.25) is 0 Å². The summed E-state index contributed by atoms with van der Waals surface area (Å²) in [6, 6.07) is 0. The fraction of sp³-hybridized carbons (Fsp3) is 0.786. The van der Waals surface area contributed by atoms with Gasteiger partial charge < -0.3 is 14.7 Å². The van der Waals surface area contributed by atoms with Crippen LogP contribution in [0.3, 0.4) is 0 Å². The zero-order valence-electron chi connectivity index (χ0n) is 12.9. The third-order valence-corrected chi connectivity index (χ3v) is 5.49. The first-order valence-corrected chi connectivity index (χ1v) is 8.44. The lowest BCUT2D eigenvalue weighted by atomic mass is 9.53. The average Bonchev–Trinajstić information content (AvgIpc) is 2.54. The molecule has 0 radical (unpaired) electrons. The zero-order chi connectivity index (χ0) is 18.2. The molecule has 2 atom stereocenters. The van der Waals surface area contributed by atoms with Crippen LogP contribution in [0, 0.1) is 17.8 Å². The molecule has 0 N–H and O–H groups in total. The van der Waals surface area contributed by atoms with Crippen molar-refractivity contribution in [1.29, 1.82) is 0 Å². The maximum Gasteiger partial charge on any atom is 0.415 e. The summed E-state index contributed by atoms with van der Waals surface area (Å²) in [6.45, 7) is -0.997. The van der Waals surface area contributed by atoms with E-state index in [1.807, 2.05) is 0 Å². The van der Waals surface area contributed by atoms with E-state index in [9.17, 15) is 28.4 Å². The molecule has 11 heteroatoms. The molecule has 0 heterocycles. The lowest BCUT2D eigenvalue weighted by Gasteiger charge is -2.54. The second-order valence-electron chi connectivity index (χ2n) is 6.72. The van der Waals surface area contributed by atoms with Gasteiger partial charge >= 0.3 is 17.2 Å². The van der Waals surface area contributed by atoms with Gasteiger partial charge in [0.05, 0.1) is 0 Å². The van der Waals surface area contributed by atoms with Gasteiger partial charge in [-0.25, -0.2) is 9.59 Å². The number of ether oxygens (including phenoxy) is 2. The van der Waals surface area contributed by atoms with E-state index >= 15 is 0 Å². The number of ketones is 1. The summed E-state index contributed by atoms with van der Waals surface area (Å²) in [5, 5.41) is 8.03. The third kappa shape index (κ3) is 3.78. The SMILES string of the molecule is O=C(COC(=O)C(F)(F)SOO[O-])OC12CC3CC(C1)C(=O)C(C3)C2. The molecule has 4 aliphatic rings. The molecule has 2 unspecified atom stereocenters. The fourth-order valence-corrected chi connectivity index (χ4v) is 4.61. The van der Waals surface area contributed by atoms with Gasteiger partial charge in [0.15, 0.2) is 6.61 Å². The smallest absolute Gasteiger partial charge is 0.415 e. The van der Waals surface area contributed by atoms with Crippen molar-refractivity contribution in [2.75, 3.05) is 6.61 Å². The van der Waals surface area contributed by atoms with Crippen LogP contribution in [-0.2, 0) is 33.2 Å². The number of rotatable bonds is 7. The molecular weight excluding hydrogens is 366 g/mol. The first-order chi connectivity index (χ1) is 11.7. The zero-order valence-corrected chi connectivity index (χ0v) is 13.7. The molecule has 0 spiro atoms. The fourth-order valence-electron chi connectivity index (χ4n) is 4.37. The van der Waals surface area contributed by atoms with Gasteiger partial charge in [-0.15, -0.1) is 0 Å². The van der Waals surface area contributed by atoms with Crippen LogP contribution >= 0.6 is 12.0 Å². The molecule has 0 aromatic carbocycles. The van der Waals surface area contributed by atoms with Crippen molar-refractivity contribution in [2.24, 2.45) is 17.8 Å². The Morgan fingerprint density at radius 2 is 1.88 bits per heavy atom. The van der Waals surface area contributed by atoms with Crippen molar-refractivity contribution in [1.82, 2.24) is 0 Å². The van der Waals surface area contributed by atoms with Gasteiger partial charge in [-0.05, 0) is 38.0 Å². The van der Waals surface area contributed by atoms with E-state index in [0.29, 0.717) is 25.2 Å². The molecule has 0 saturated heterocycles. The number of carbonyl (C=O) groups excluding carboxylic acids is 3. The average molecular weight is 381 g/mol. The Morgan fingerprint density at radius 3 is 2.48 bits per heavy atom. The van der Waals surface area contributed by atoms with Crippen LogP contribution in [0.4, 0.5) is 8.78 Å². The standard InChI is InChI=1S/C14H16F2O8S/c15-14(16,25-24-23-20)12(19)21-6-10(17)22-13-3-7-1-8(4-13)11(18)9(2-7)5-13/h7-9,20H,1-6H2/p-1. The normalized spacial score (nSPS) is 33.4. The van der Waals surface area contributed by atoms with E-state index in [-0.39, 0.29) is 17.6 Å². The minimum atomic E-state index is -4.21. The number of esters is 2. The van der Waals surface area contributed by atoms with E-state index in [1.165, 1.54) is 0 Å². The quantitative estimate of drug-likeness (QED) is 0.272. The Balaban J connectivity index is 1.52. The summed E-state index contributed by atoms with van der Waals surface area (Å²) in [4.78, 5) is 35.2. The van der Waals surface area contributed by atoms with E-state index in [2.05, 4.69) is 14.1 Å². The predicted molar refractivity (Wildman–Crippen MR) is 73.1 cm³/mol. The van der Waals surface area contributed by atoms with Crippen LogP contribution in [0.1, 0.15) is 32.1 Å². The number of hydrogen-bond donors (Lipinski definition) is 0. The van der Waals surface area contributed by atoms with Gasteiger partial charge in [0.25, 0.3) is 0 Å². The Morgan fingerprint density at radius 1 is 1.24 bits per heavy atom. The highest BCUT2D eigenvalue weighted by Crippen LogP contribution is 2.55. The van der Waals surface area contributed by atoms with Gasteiger partial charge in [-0.2, -0.15) is 13.1 Å². The Bertz CT molecular complexity index is 565. The van der Waals surface area contributed by atoms with Crippen LogP contribution in [-0.4, -0.2) is 35.2 Å². The van der Waals surface area contributed by atoms with Crippen molar-refractivity contribution in [3.8, 4) is 0 Å². The maximum absolute atomic E-state index is 13.2. The lowest BCUT2D eigenvalue weighted by molar-refractivity contribution is -0.777. The van der Waals surface area contributed by atoms with Crippen molar-refractivity contribution in [3.05, 3.63) is 0 Å². The van der Waals surface area contributed by atoms with Crippen molar-refractivity contribution in [3.63, 3.8) is 0 Å². The maximum atomic E-state index is 13.2. The number of Topliss-reactive ketones (excluding diaryl/α,β-unsaturated/α-hetero) is 1. The highest BCUT2D eigenvalue weighted by Gasteiger charge is 2.57. The van der Waals surface area contributed by atoms with E-state index in [4.69, 9.17) is 4.74 Å². The minimum Gasteiger partial charge on any atom is -0.691 e. The molecule has 25 heavy (non-hydrogen) atoms. The molecule has 4 fully saturated rings. The van der Waals surface area contributed by atoms with E-state index < -0.39 is 41.4 Å². The third-order valence-electron chi connectivity index (χ3n) is 4.99. The summed E-state index contributed by atoms with van der Waals surface area (Å²) >= 11 is -0.839. The van der Waals surface area contributed by atoms with Gasteiger partial charge in [-0.3, -0.25) is 9.83 Å². The van der Waals surface area contributed by atoms with E-state index in [0.717, 1.165) is 12.8 Å². The molecule has 4 saturated carbocycles. The number of halogens is 2. The highest BCUT2D eigenvalue weighted by molar-refractivity contribution is 7.96. The van der Waals surface area contributed by atoms with Crippen LogP contribution in [0.25, 0.3) is 0 Å². The largest absolute Gasteiger partial charge is 0.691 e. The molecule has 4 rings (SSSR count). The monoisotopic (exact) mass is 381 g/mol. The predicted octanol–water partition coefficient (Wildman–Crippen LogP) is 0.685. The molecule has 140 valence electrons.